The molecule has 2 rings (SSSR count). The molecule has 2 heterocycles. The van der Waals surface area contributed by atoms with E-state index < -0.39 is 0 Å². The topological polar surface area (TPSA) is 37.8 Å². The van der Waals surface area contributed by atoms with Crippen molar-refractivity contribution in [2.24, 2.45) is 0 Å². The molecule has 0 bridgehead atoms. The minimum atomic E-state index is 0.463. The van der Waals surface area contributed by atoms with Crippen molar-refractivity contribution in [3.05, 3.63) is 60.2 Å². The van der Waals surface area contributed by atoms with E-state index in [2.05, 4.69) is 46.5 Å². The summed E-state index contributed by atoms with van der Waals surface area (Å²) < 4.78 is 0. The van der Waals surface area contributed by atoms with Gasteiger partial charge in [0.15, 0.2) is 0 Å². The molecule has 1 N–H and O–H groups in total. The summed E-state index contributed by atoms with van der Waals surface area (Å²) in [6.45, 7) is 3.25. The maximum absolute atomic E-state index is 4.07. The molecule has 0 aliphatic rings. The van der Waals surface area contributed by atoms with Crippen molar-refractivity contribution in [3.63, 3.8) is 0 Å². The fraction of sp³-hybridized carbons (Fsp3) is 0.375. The Morgan fingerprint density at radius 3 is 1.79 bits per heavy atom. The van der Waals surface area contributed by atoms with Crippen molar-refractivity contribution >= 4 is 0 Å². The molecule has 0 fully saturated rings. The molecule has 2 aromatic heterocycles. The molecule has 0 radical (unpaired) electrons. The third kappa shape index (κ3) is 4.79. The molecule has 0 unspecified atom stereocenters. The highest BCUT2D eigenvalue weighted by molar-refractivity contribution is 5.15. The zero-order chi connectivity index (χ0) is 13.3. The molecule has 0 aromatic carbocycles. The summed E-state index contributed by atoms with van der Waals surface area (Å²) in [5, 5.41) is 3.63. The average molecular weight is 255 g/mol. The van der Waals surface area contributed by atoms with Crippen molar-refractivity contribution in [1.29, 1.82) is 0 Å². The lowest BCUT2D eigenvalue weighted by Crippen LogP contribution is -2.33. The Kier molecular flexibility index (Phi) is 5.50. The lowest BCUT2D eigenvalue weighted by molar-refractivity contribution is 0.504. The summed E-state index contributed by atoms with van der Waals surface area (Å²) in [6.07, 6.45) is 10.7. The lowest BCUT2D eigenvalue weighted by atomic mass is 10.00. The van der Waals surface area contributed by atoms with E-state index in [4.69, 9.17) is 0 Å². The summed E-state index contributed by atoms with van der Waals surface area (Å²) in [6, 6.07) is 8.82. The van der Waals surface area contributed by atoms with Crippen LogP contribution in [0.5, 0.6) is 0 Å². The number of rotatable bonds is 7. The van der Waals surface area contributed by atoms with E-state index in [-0.39, 0.29) is 0 Å². The fourth-order valence-electron chi connectivity index (χ4n) is 2.17. The zero-order valence-electron chi connectivity index (χ0n) is 11.4. The van der Waals surface area contributed by atoms with Gasteiger partial charge in [-0.1, -0.05) is 6.92 Å². The van der Waals surface area contributed by atoms with Crippen LogP contribution in [-0.4, -0.2) is 22.6 Å². The molecule has 3 nitrogen and oxygen atoms in total. The summed E-state index contributed by atoms with van der Waals surface area (Å²) in [7, 11) is 0. The molecule has 3 heteroatoms. The Labute approximate surface area is 115 Å². The Balaban J connectivity index is 1.99. The van der Waals surface area contributed by atoms with Crippen LogP contribution in [0.15, 0.2) is 49.1 Å². The lowest BCUT2D eigenvalue weighted by Gasteiger charge is -2.18. The molecular weight excluding hydrogens is 234 g/mol. The summed E-state index contributed by atoms with van der Waals surface area (Å²) in [5.41, 5.74) is 2.66. The summed E-state index contributed by atoms with van der Waals surface area (Å²) in [5.74, 6) is 0. The molecule has 0 saturated heterocycles. The van der Waals surface area contributed by atoms with Crippen LogP contribution in [0.25, 0.3) is 0 Å². The minimum absolute atomic E-state index is 0.463. The predicted molar refractivity (Wildman–Crippen MR) is 78.0 cm³/mol. The Hall–Kier alpha value is -1.74. The van der Waals surface area contributed by atoms with E-state index in [1.54, 1.807) is 0 Å². The molecule has 19 heavy (non-hydrogen) atoms. The zero-order valence-corrected chi connectivity index (χ0v) is 11.4. The number of nitrogens with one attached hydrogen (secondary N) is 1. The number of pyridine rings is 2. The SMILES string of the molecule is CCCNC(Cc1ccncc1)Cc1ccncc1. The van der Waals surface area contributed by atoms with Gasteiger partial charge in [-0.3, -0.25) is 9.97 Å². The summed E-state index contributed by atoms with van der Waals surface area (Å²) >= 11 is 0. The summed E-state index contributed by atoms with van der Waals surface area (Å²) in [4.78, 5) is 8.14. The Bertz CT molecular complexity index is 414. The quantitative estimate of drug-likeness (QED) is 0.826. The molecule has 0 aliphatic carbocycles. The predicted octanol–water partition coefficient (Wildman–Crippen LogP) is 2.63. The Morgan fingerprint density at radius 1 is 0.895 bits per heavy atom. The van der Waals surface area contributed by atoms with Crippen LogP contribution in [0.4, 0.5) is 0 Å². The van der Waals surface area contributed by atoms with Crippen LogP contribution in [0.1, 0.15) is 24.5 Å². The monoisotopic (exact) mass is 255 g/mol. The number of hydrogen-bond donors (Lipinski definition) is 1. The van der Waals surface area contributed by atoms with E-state index in [9.17, 15) is 0 Å². The maximum atomic E-state index is 4.07. The molecule has 100 valence electrons. The smallest absolute Gasteiger partial charge is 0.0270 e. The normalized spacial score (nSPS) is 10.8. The highest BCUT2D eigenvalue weighted by Gasteiger charge is 2.09. The minimum Gasteiger partial charge on any atom is -0.313 e. The van der Waals surface area contributed by atoms with Crippen molar-refractivity contribution in [1.82, 2.24) is 15.3 Å². The van der Waals surface area contributed by atoms with Crippen LogP contribution < -0.4 is 5.32 Å². The highest BCUT2D eigenvalue weighted by Crippen LogP contribution is 2.08. The molecule has 0 saturated carbocycles. The number of hydrogen-bond acceptors (Lipinski definition) is 3. The molecule has 0 atom stereocenters. The van der Waals surface area contributed by atoms with Crippen molar-refractivity contribution < 1.29 is 0 Å². The van der Waals surface area contributed by atoms with Gasteiger partial charge in [0, 0.05) is 30.8 Å². The molecule has 2 aromatic rings. The number of nitrogens with zero attached hydrogens (tertiary/aromatic N) is 2. The molecular formula is C16H21N3. The van der Waals surface area contributed by atoms with Gasteiger partial charge in [0.2, 0.25) is 0 Å². The maximum Gasteiger partial charge on any atom is 0.0270 e. The van der Waals surface area contributed by atoms with E-state index in [0.29, 0.717) is 6.04 Å². The van der Waals surface area contributed by atoms with E-state index in [0.717, 1.165) is 25.8 Å². The van der Waals surface area contributed by atoms with Crippen LogP contribution in [0.3, 0.4) is 0 Å². The van der Waals surface area contributed by atoms with E-state index in [1.165, 1.54) is 11.1 Å². The first-order valence-corrected chi connectivity index (χ1v) is 6.89. The highest BCUT2D eigenvalue weighted by atomic mass is 14.9. The van der Waals surface area contributed by atoms with Gasteiger partial charge in [0.1, 0.15) is 0 Å². The second-order valence-electron chi connectivity index (χ2n) is 4.77. The van der Waals surface area contributed by atoms with E-state index >= 15 is 0 Å². The van der Waals surface area contributed by atoms with Crippen LogP contribution >= 0.6 is 0 Å². The fourth-order valence-corrected chi connectivity index (χ4v) is 2.17. The van der Waals surface area contributed by atoms with Gasteiger partial charge in [-0.05, 0) is 61.2 Å². The second-order valence-corrected chi connectivity index (χ2v) is 4.77. The van der Waals surface area contributed by atoms with Crippen molar-refractivity contribution in [2.75, 3.05) is 6.54 Å². The average Bonchev–Trinajstić information content (AvgIpc) is 2.47. The van der Waals surface area contributed by atoms with Gasteiger partial charge in [-0.2, -0.15) is 0 Å². The van der Waals surface area contributed by atoms with Gasteiger partial charge < -0.3 is 5.32 Å². The van der Waals surface area contributed by atoms with Crippen molar-refractivity contribution in [2.45, 2.75) is 32.2 Å². The third-order valence-corrected chi connectivity index (χ3v) is 3.15. The van der Waals surface area contributed by atoms with E-state index in [1.807, 2.05) is 24.8 Å². The first-order chi connectivity index (χ1) is 9.38. The Morgan fingerprint density at radius 2 is 1.37 bits per heavy atom. The van der Waals surface area contributed by atoms with Gasteiger partial charge >= 0.3 is 0 Å². The second kappa shape index (κ2) is 7.64. The van der Waals surface area contributed by atoms with Gasteiger partial charge in [0.05, 0.1) is 0 Å². The van der Waals surface area contributed by atoms with Crippen LogP contribution in [0.2, 0.25) is 0 Å². The first-order valence-electron chi connectivity index (χ1n) is 6.89. The first kappa shape index (κ1) is 13.7. The van der Waals surface area contributed by atoms with Gasteiger partial charge in [-0.15, -0.1) is 0 Å². The standard InChI is InChI=1S/C16H21N3/c1-2-7-19-16(12-14-3-8-17-9-4-14)13-15-5-10-18-11-6-15/h3-6,8-11,16,19H,2,7,12-13H2,1H3. The third-order valence-electron chi connectivity index (χ3n) is 3.15. The van der Waals surface area contributed by atoms with Crippen LogP contribution in [0, 0.1) is 0 Å². The molecule has 0 aliphatic heterocycles. The molecule has 0 spiro atoms. The molecule has 0 amide bonds. The van der Waals surface area contributed by atoms with Gasteiger partial charge in [0.25, 0.3) is 0 Å². The van der Waals surface area contributed by atoms with Crippen LogP contribution in [-0.2, 0) is 12.8 Å². The van der Waals surface area contributed by atoms with Crippen molar-refractivity contribution in [3.8, 4) is 0 Å². The van der Waals surface area contributed by atoms with Gasteiger partial charge in [-0.25, -0.2) is 0 Å². The largest absolute Gasteiger partial charge is 0.313 e. The number of aromatic nitrogens is 2.